The molecule has 1 aromatic heterocycles. The van der Waals surface area contributed by atoms with Crippen molar-refractivity contribution in [2.45, 2.75) is 38.8 Å². The third-order valence-electron chi connectivity index (χ3n) is 3.72. The summed E-state index contributed by atoms with van der Waals surface area (Å²) in [5, 5.41) is 2.63. The first-order valence-corrected chi connectivity index (χ1v) is 8.81. The topological polar surface area (TPSA) is 94.6 Å². The van der Waals surface area contributed by atoms with Gasteiger partial charge in [0.15, 0.2) is 0 Å². The van der Waals surface area contributed by atoms with Gasteiger partial charge in [0.1, 0.15) is 17.3 Å². The third-order valence-corrected chi connectivity index (χ3v) is 3.72. The van der Waals surface area contributed by atoms with Crippen LogP contribution in [0.3, 0.4) is 0 Å². The van der Waals surface area contributed by atoms with Gasteiger partial charge in [0.25, 0.3) is 5.91 Å². The molecule has 2 rings (SSSR count). The Morgan fingerprint density at radius 2 is 1.75 bits per heavy atom. The number of benzene rings is 1. The van der Waals surface area contributed by atoms with Gasteiger partial charge in [-0.3, -0.25) is 9.78 Å². The Bertz CT molecular complexity index is 826. The van der Waals surface area contributed by atoms with Crippen molar-refractivity contribution in [2.75, 3.05) is 7.11 Å². The number of hydrogen-bond donors (Lipinski definition) is 1. The molecule has 0 fully saturated rings. The molecule has 0 aliphatic heterocycles. The lowest BCUT2D eigenvalue weighted by Crippen LogP contribution is -2.43. The highest BCUT2D eigenvalue weighted by molar-refractivity contribution is 5.95. The monoisotopic (exact) mass is 384 g/mol. The van der Waals surface area contributed by atoms with Crippen LogP contribution in [0.5, 0.6) is 0 Å². The molecule has 1 atom stereocenters. The molecule has 28 heavy (non-hydrogen) atoms. The van der Waals surface area contributed by atoms with E-state index in [4.69, 9.17) is 9.47 Å². The van der Waals surface area contributed by atoms with E-state index in [2.05, 4.69) is 10.3 Å². The molecule has 0 aliphatic carbocycles. The average Bonchev–Trinajstić information content (AvgIpc) is 2.66. The number of aromatic nitrogens is 1. The zero-order valence-corrected chi connectivity index (χ0v) is 16.4. The van der Waals surface area contributed by atoms with E-state index in [1.807, 2.05) is 0 Å². The Labute approximate surface area is 164 Å². The Morgan fingerprint density at radius 1 is 1.07 bits per heavy atom. The second-order valence-corrected chi connectivity index (χ2v) is 7.17. The molecular formula is C21H24N2O5. The van der Waals surface area contributed by atoms with E-state index in [1.54, 1.807) is 63.2 Å². The molecule has 0 saturated carbocycles. The van der Waals surface area contributed by atoms with Crippen LogP contribution in [0, 0.1) is 0 Å². The maximum absolute atomic E-state index is 12.3. The van der Waals surface area contributed by atoms with Crippen LogP contribution in [-0.4, -0.2) is 41.6 Å². The van der Waals surface area contributed by atoms with Gasteiger partial charge in [0.2, 0.25) is 0 Å². The summed E-state index contributed by atoms with van der Waals surface area (Å²) in [7, 11) is 1.26. The first-order valence-electron chi connectivity index (χ1n) is 8.81. The van der Waals surface area contributed by atoms with Gasteiger partial charge in [-0.05, 0) is 50.6 Å². The molecule has 1 N–H and O–H groups in total. The smallest absolute Gasteiger partial charge is 0.338 e. The van der Waals surface area contributed by atoms with Gasteiger partial charge < -0.3 is 14.8 Å². The number of amides is 1. The van der Waals surface area contributed by atoms with Crippen LogP contribution in [0.1, 0.15) is 47.2 Å². The number of ether oxygens (including phenoxy) is 2. The third kappa shape index (κ3) is 6.19. The van der Waals surface area contributed by atoms with Gasteiger partial charge in [-0.1, -0.05) is 18.2 Å². The normalized spacial score (nSPS) is 12.0. The van der Waals surface area contributed by atoms with E-state index in [-0.39, 0.29) is 12.1 Å². The molecule has 0 saturated heterocycles. The number of hydrogen-bond acceptors (Lipinski definition) is 6. The average molecular weight is 384 g/mol. The highest BCUT2D eigenvalue weighted by Crippen LogP contribution is 2.14. The molecule has 1 heterocycles. The molecule has 0 unspecified atom stereocenters. The van der Waals surface area contributed by atoms with Crippen molar-refractivity contribution in [3.8, 4) is 0 Å². The fraction of sp³-hybridized carbons (Fsp3) is 0.333. The molecule has 0 aliphatic rings. The Hall–Kier alpha value is -3.22. The van der Waals surface area contributed by atoms with Gasteiger partial charge in [0, 0.05) is 12.6 Å². The number of methoxy groups -OCH3 is 1. The Balaban J connectivity index is 2.09. The van der Waals surface area contributed by atoms with E-state index in [1.165, 1.54) is 13.3 Å². The summed E-state index contributed by atoms with van der Waals surface area (Å²) < 4.78 is 10.1. The van der Waals surface area contributed by atoms with Crippen molar-refractivity contribution in [3.05, 3.63) is 65.5 Å². The first-order chi connectivity index (χ1) is 13.2. The molecule has 2 aromatic rings. The summed E-state index contributed by atoms with van der Waals surface area (Å²) in [5.41, 5.74) is 0.785. The van der Waals surface area contributed by atoms with Crippen LogP contribution < -0.4 is 5.32 Å². The SMILES string of the molecule is COC(=O)[C@H](Cc1ccc(C(=O)OC(C)(C)C)cc1)NC(=O)c1ccccn1. The maximum Gasteiger partial charge on any atom is 0.338 e. The number of rotatable bonds is 6. The van der Waals surface area contributed by atoms with Gasteiger partial charge in [0.05, 0.1) is 12.7 Å². The van der Waals surface area contributed by atoms with Gasteiger partial charge in [-0.2, -0.15) is 0 Å². The molecule has 0 radical (unpaired) electrons. The first kappa shape index (κ1) is 21.1. The van der Waals surface area contributed by atoms with Crippen molar-refractivity contribution in [1.82, 2.24) is 10.3 Å². The summed E-state index contributed by atoms with van der Waals surface area (Å²) in [6, 6.07) is 10.7. The standard InChI is InChI=1S/C21H24N2O5/c1-21(2,3)28-19(25)15-10-8-14(9-11-15)13-17(20(26)27-4)23-18(24)16-7-5-6-12-22-16/h5-12,17H,13H2,1-4H3,(H,23,24)/t17-/m0/s1. The Kier molecular flexibility index (Phi) is 6.87. The van der Waals surface area contributed by atoms with E-state index < -0.39 is 29.5 Å². The van der Waals surface area contributed by atoms with Crippen LogP contribution in [0.25, 0.3) is 0 Å². The molecule has 148 valence electrons. The van der Waals surface area contributed by atoms with Crippen molar-refractivity contribution in [1.29, 1.82) is 0 Å². The van der Waals surface area contributed by atoms with Crippen molar-refractivity contribution >= 4 is 17.8 Å². The largest absolute Gasteiger partial charge is 0.467 e. The number of pyridine rings is 1. The molecule has 7 heteroatoms. The van der Waals surface area contributed by atoms with E-state index in [9.17, 15) is 14.4 Å². The minimum Gasteiger partial charge on any atom is -0.467 e. The number of nitrogens with one attached hydrogen (secondary N) is 1. The fourth-order valence-corrected chi connectivity index (χ4v) is 2.41. The summed E-state index contributed by atoms with van der Waals surface area (Å²) in [6.07, 6.45) is 1.71. The summed E-state index contributed by atoms with van der Waals surface area (Å²) in [6.45, 7) is 5.39. The Morgan fingerprint density at radius 3 is 2.29 bits per heavy atom. The van der Waals surface area contributed by atoms with Gasteiger partial charge in [-0.25, -0.2) is 9.59 Å². The highest BCUT2D eigenvalue weighted by Gasteiger charge is 2.23. The minimum absolute atomic E-state index is 0.205. The molecule has 0 bridgehead atoms. The lowest BCUT2D eigenvalue weighted by atomic mass is 10.0. The van der Waals surface area contributed by atoms with Crippen LogP contribution >= 0.6 is 0 Å². The molecular weight excluding hydrogens is 360 g/mol. The number of esters is 2. The molecule has 0 spiro atoms. The lowest BCUT2D eigenvalue weighted by molar-refractivity contribution is -0.142. The van der Waals surface area contributed by atoms with Crippen molar-refractivity contribution in [2.24, 2.45) is 0 Å². The van der Waals surface area contributed by atoms with Crippen molar-refractivity contribution in [3.63, 3.8) is 0 Å². The van der Waals surface area contributed by atoms with Crippen LogP contribution in [-0.2, 0) is 20.7 Å². The zero-order chi connectivity index (χ0) is 20.7. The van der Waals surface area contributed by atoms with Crippen molar-refractivity contribution < 1.29 is 23.9 Å². The van der Waals surface area contributed by atoms with Gasteiger partial charge in [-0.15, -0.1) is 0 Å². The van der Waals surface area contributed by atoms with E-state index in [0.717, 1.165) is 5.56 Å². The quantitative estimate of drug-likeness (QED) is 0.769. The molecule has 1 aromatic carbocycles. The van der Waals surface area contributed by atoms with Crippen LogP contribution in [0.2, 0.25) is 0 Å². The second kappa shape index (κ2) is 9.12. The number of carbonyl (C=O) groups excluding carboxylic acids is 3. The maximum atomic E-state index is 12.3. The summed E-state index contributed by atoms with van der Waals surface area (Å²) in [4.78, 5) is 40.4. The molecule has 7 nitrogen and oxygen atoms in total. The molecule has 1 amide bonds. The van der Waals surface area contributed by atoms with Crippen LogP contribution in [0.15, 0.2) is 48.7 Å². The highest BCUT2D eigenvalue weighted by atomic mass is 16.6. The fourth-order valence-electron chi connectivity index (χ4n) is 2.41. The summed E-state index contributed by atoms with van der Waals surface area (Å²) in [5.74, 6) is -1.46. The number of carbonyl (C=O) groups is 3. The minimum atomic E-state index is -0.883. The predicted molar refractivity (Wildman–Crippen MR) is 103 cm³/mol. The van der Waals surface area contributed by atoms with Crippen LogP contribution in [0.4, 0.5) is 0 Å². The van der Waals surface area contributed by atoms with E-state index >= 15 is 0 Å². The van der Waals surface area contributed by atoms with Gasteiger partial charge >= 0.3 is 11.9 Å². The predicted octanol–water partition coefficient (Wildman–Crippen LogP) is 2.55. The van der Waals surface area contributed by atoms with E-state index in [0.29, 0.717) is 5.56 Å². The lowest BCUT2D eigenvalue weighted by Gasteiger charge is -2.19. The number of nitrogens with zero attached hydrogens (tertiary/aromatic N) is 1. The summed E-state index contributed by atoms with van der Waals surface area (Å²) >= 11 is 0. The second-order valence-electron chi connectivity index (χ2n) is 7.17. The zero-order valence-electron chi connectivity index (χ0n) is 16.4.